The number of carbonyl (C=O) groups excluding carboxylic acids is 1. The fourth-order valence-electron chi connectivity index (χ4n) is 6.40. The number of carbonyl (C=O) groups is 1. The van der Waals surface area contributed by atoms with Gasteiger partial charge in [0.15, 0.2) is 0 Å². The molecule has 0 saturated carbocycles. The monoisotopic (exact) mass is 523 g/mol. The predicted octanol–water partition coefficient (Wildman–Crippen LogP) is 6.01. The first kappa shape index (κ1) is 24.9. The van der Waals surface area contributed by atoms with E-state index in [1.165, 1.54) is 13.0 Å². The van der Waals surface area contributed by atoms with Gasteiger partial charge in [-0.1, -0.05) is 60.7 Å². The molecule has 2 bridgehead atoms. The molecule has 3 aromatic carbocycles. The minimum atomic E-state index is -4.52. The van der Waals surface area contributed by atoms with E-state index in [9.17, 15) is 23.1 Å². The number of piperidine rings is 1. The van der Waals surface area contributed by atoms with E-state index in [1.54, 1.807) is 11.0 Å². The largest absolute Gasteiger partial charge is 0.448 e. The highest BCUT2D eigenvalue weighted by atomic mass is 19.4. The molecule has 1 N–H and O–H groups in total. The normalized spacial score (nSPS) is 24.6. The fraction of sp³-hybridized carbons (Fsp3) is 0.367. The van der Waals surface area contributed by atoms with Crippen molar-refractivity contribution in [3.8, 4) is 11.1 Å². The van der Waals surface area contributed by atoms with E-state index < -0.39 is 35.5 Å². The Morgan fingerprint density at radius 1 is 1.00 bits per heavy atom. The lowest BCUT2D eigenvalue weighted by atomic mass is 9.76. The maximum absolute atomic E-state index is 13.5. The summed E-state index contributed by atoms with van der Waals surface area (Å²) < 4.78 is 52.2. The van der Waals surface area contributed by atoms with Gasteiger partial charge >= 0.3 is 12.3 Å². The van der Waals surface area contributed by atoms with Crippen molar-refractivity contribution in [3.05, 3.63) is 94.5 Å². The van der Waals surface area contributed by atoms with Gasteiger partial charge in [0.2, 0.25) is 0 Å². The third-order valence-electron chi connectivity index (χ3n) is 8.18. The number of morpholine rings is 1. The van der Waals surface area contributed by atoms with Gasteiger partial charge in [-0.05, 0) is 46.4 Å². The van der Waals surface area contributed by atoms with Crippen molar-refractivity contribution in [2.75, 3.05) is 19.8 Å². The molecule has 5 nitrogen and oxygen atoms in total. The molecule has 3 aliphatic rings. The van der Waals surface area contributed by atoms with Crippen LogP contribution in [-0.2, 0) is 21.3 Å². The average Bonchev–Trinajstić information content (AvgIpc) is 3.20. The van der Waals surface area contributed by atoms with Gasteiger partial charge in [0.05, 0.1) is 36.5 Å². The van der Waals surface area contributed by atoms with Crippen molar-refractivity contribution in [3.63, 3.8) is 0 Å². The molecule has 0 aromatic heterocycles. The molecule has 0 spiro atoms. The Morgan fingerprint density at radius 3 is 2.16 bits per heavy atom. The Hall–Kier alpha value is -3.36. The van der Waals surface area contributed by atoms with Crippen molar-refractivity contribution < 1.29 is 32.5 Å². The molecule has 2 unspecified atom stereocenters. The van der Waals surface area contributed by atoms with Gasteiger partial charge < -0.3 is 14.6 Å². The molecular formula is C30H28F3NO4. The van der Waals surface area contributed by atoms with E-state index in [0.29, 0.717) is 0 Å². The summed E-state index contributed by atoms with van der Waals surface area (Å²) in [6, 6.07) is 19.1. The van der Waals surface area contributed by atoms with Crippen LogP contribution in [0, 0.1) is 6.92 Å². The second-order valence-corrected chi connectivity index (χ2v) is 10.5. The molecule has 2 fully saturated rings. The van der Waals surface area contributed by atoms with Gasteiger partial charge in [-0.3, -0.25) is 4.90 Å². The van der Waals surface area contributed by atoms with Crippen molar-refractivity contribution in [1.82, 2.24) is 4.90 Å². The highest BCUT2D eigenvalue weighted by molar-refractivity contribution is 5.79. The van der Waals surface area contributed by atoms with Crippen LogP contribution in [0.4, 0.5) is 18.0 Å². The first-order valence-corrected chi connectivity index (χ1v) is 12.8. The van der Waals surface area contributed by atoms with Crippen LogP contribution in [-0.4, -0.2) is 48.0 Å². The summed E-state index contributed by atoms with van der Waals surface area (Å²) in [5, 5.41) is 11.5. The molecule has 6 rings (SSSR count). The molecule has 2 atom stereocenters. The predicted molar refractivity (Wildman–Crippen MR) is 135 cm³/mol. The molecule has 2 saturated heterocycles. The van der Waals surface area contributed by atoms with Crippen molar-refractivity contribution in [2.45, 2.75) is 49.5 Å². The molecule has 0 radical (unpaired) electrons. The molecule has 198 valence electrons. The number of nitrogens with zero attached hydrogens (tertiary/aromatic N) is 1. The number of aryl methyl sites for hydroxylation is 1. The summed E-state index contributed by atoms with van der Waals surface area (Å²) in [7, 11) is 0. The summed E-state index contributed by atoms with van der Waals surface area (Å²) in [6.45, 7) is 1.93. The minimum absolute atomic E-state index is 0.0635. The van der Waals surface area contributed by atoms with E-state index in [2.05, 4.69) is 12.1 Å². The standard InChI is InChI=1S/C30H28F3NO4/c1-18-10-11-19(12-27(18)30(31,32)33)29(36)13-20-15-37-16-21(14-29)34(20)28(35)38-17-26-24-8-4-2-6-22(24)23-7-3-5-9-25(23)26/h2-12,20-21,26,36H,13-17H2,1H3. The molecular weight excluding hydrogens is 495 g/mol. The van der Waals surface area contributed by atoms with E-state index >= 15 is 0 Å². The van der Waals surface area contributed by atoms with Crippen molar-refractivity contribution >= 4 is 6.09 Å². The summed E-state index contributed by atoms with van der Waals surface area (Å²) in [6.07, 6.45) is -4.88. The number of hydrogen-bond acceptors (Lipinski definition) is 4. The Bertz CT molecular complexity index is 1330. The summed E-state index contributed by atoms with van der Waals surface area (Å²) in [5.74, 6) is -0.0856. The smallest absolute Gasteiger partial charge is 0.416 e. The first-order chi connectivity index (χ1) is 18.2. The maximum Gasteiger partial charge on any atom is 0.416 e. The van der Waals surface area contributed by atoms with E-state index in [-0.39, 0.29) is 49.7 Å². The molecule has 1 aliphatic carbocycles. The molecule has 2 aliphatic heterocycles. The molecule has 3 aromatic rings. The lowest BCUT2D eigenvalue weighted by Crippen LogP contribution is -2.62. The Kier molecular flexibility index (Phi) is 6.00. The first-order valence-electron chi connectivity index (χ1n) is 12.8. The van der Waals surface area contributed by atoms with Gasteiger partial charge in [0, 0.05) is 18.8 Å². The van der Waals surface area contributed by atoms with Crippen molar-refractivity contribution in [2.24, 2.45) is 0 Å². The number of ether oxygens (including phenoxy) is 2. The maximum atomic E-state index is 13.5. The second kappa shape index (κ2) is 9.13. The number of fused-ring (bicyclic) bond motifs is 5. The second-order valence-electron chi connectivity index (χ2n) is 10.5. The molecule has 2 heterocycles. The zero-order valence-corrected chi connectivity index (χ0v) is 20.9. The molecule has 1 amide bonds. The number of amides is 1. The Labute approximate surface area is 218 Å². The Morgan fingerprint density at radius 2 is 1.58 bits per heavy atom. The zero-order chi connectivity index (χ0) is 26.7. The highest BCUT2D eigenvalue weighted by Crippen LogP contribution is 2.46. The average molecular weight is 524 g/mol. The summed E-state index contributed by atoms with van der Waals surface area (Å²) in [5.41, 5.74) is 2.53. The lowest BCUT2D eigenvalue weighted by Gasteiger charge is -2.51. The zero-order valence-electron chi connectivity index (χ0n) is 20.9. The van der Waals surface area contributed by atoms with Gasteiger partial charge in [0.1, 0.15) is 6.61 Å². The fourth-order valence-corrected chi connectivity index (χ4v) is 6.40. The number of benzene rings is 3. The van der Waals surface area contributed by atoms with Gasteiger partial charge in [-0.2, -0.15) is 13.2 Å². The van der Waals surface area contributed by atoms with Crippen LogP contribution in [0.3, 0.4) is 0 Å². The summed E-state index contributed by atoms with van der Waals surface area (Å²) >= 11 is 0. The van der Waals surface area contributed by atoms with Crippen molar-refractivity contribution in [1.29, 1.82) is 0 Å². The highest BCUT2D eigenvalue weighted by Gasteiger charge is 2.50. The molecule has 38 heavy (non-hydrogen) atoms. The van der Waals surface area contributed by atoms with Crippen LogP contribution in [0.15, 0.2) is 66.7 Å². The molecule has 8 heteroatoms. The quantitative estimate of drug-likeness (QED) is 0.457. The minimum Gasteiger partial charge on any atom is -0.448 e. The topological polar surface area (TPSA) is 59.0 Å². The van der Waals surface area contributed by atoms with E-state index in [1.807, 2.05) is 36.4 Å². The third-order valence-corrected chi connectivity index (χ3v) is 8.18. The van der Waals surface area contributed by atoms with Crippen LogP contribution in [0.2, 0.25) is 0 Å². The Balaban J connectivity index is 1.21. The lowest BCUT2D eigenvalue weighted by molar-refractivity contribution is -0.140. The van der Waals surface area contributed by atoms with Crippen LogP contribution in [0.5, 0.6) is 0 Å². The van der Waals surface area contributed by atoms with Crippen LogP contribution >= 0.6 is 0 Å². The van der Waals surface area contributed by atoms with Crippen LogP contribution < -0.4 is 0 Å². The van der Waals surface area contributed by atoms with Crippen LogP contribution in [0.1, 0.15) is 46.6 Å². The number of hydrogen-bond donors (Lipinski definition) is 1. The van der Waals surface area contributed by atoms with Crippen LogP contribution in [0.25, 0.3) is 11.1 Å². The summed E-state index contributed by atoms with van der Waals surface area (Å²) in [4.78, 5) is 15.0. The number of rotatable bonds is 3. The SMILES string of the molecule is Cc1ccc(C2(O)CC3COCC(C2)N3C(=O)OCC2c3ccccc3-c3ccccc32)cc1C(F)(F)F. The van der Waals surface area contributed by atoms with Gasteiger partial charge in [-0.15, -0.1) is 0 Å². The van der Waals surface area contributed by atoms with Gasteiger partial charge in [0.25, 0.3) is 0 Å². The number of halogens is 3. The number of aliphatic hydroxyl groups is 1. The van der Waals surface area contributed by atoms with E-state index in [4.69, 9.17) is 9.47 Å². The van der Waals surface area contributed by atoms with E-state index in [0.717, 1.165) is 28.3 Å². The third kappa shape index (κ3) is 4.16. The number of alkyl halides is 3. The van der Waals surface area contributed by atoms with Gasteiger partial charge in [-0.25, -0.2) is 4.79 Å².